The van der Waals surface area contributed by atoms with Crippen LogP contribution in [0.4, 0.5) is 4.39 Å². The van der Waals surface area contributed by atoms with E-state index in [1.807, 2.05) is 22.7 Å². The molecule has 0 aliphatic heterocycles. The van der Waals surface area contributed by atoms with Crippen LogP contribution in [0.2, 0.25) is 0 Å². The highest BCUT2D eigenvalue weighted by atomic mass is 32.2. The molecule has 0 bridgehead atoms. The van der Waals surface area contributed by atoms with E-state index < -0.39 is 9.84 Å². The summed E-state index contributed by atoms with van der Waals surface area (Å²) in [7, 11) is -3.56. The minimum atomic E-state index is -3.56. The number of aryl methyl sites for hydroxylation is 1. The molecule has 0 radical (unpaired) electrons. The monoisotopic (exact) mass is 396 g/mol. The fraction of sp³-hybridized carbons (Fsp3) is 0.150. The number of rotatable bonds is 4. The Kier molecular flexibility index (Phi) is 4.43. The third-order valence-corrected chi connectivity index (χ3v) is 5.28. The molecule has 142 valence electrons. The SMILES string of the molecule is CCc1ccn2c(-c3ccnc(S(C)(=O)=O)n3)c(-c3ccc(F)cc3)nc2c1. The van der Waals surface area contributed by atoms with Crippen LogP contribution in [0.1, 0.15) is 12.5 Å². The lowest BCUT2D eigenvalue weighted by Crippen LogP contribution is -2.05. The molecule has 0 N–H and O–H groups in total. The fourth-order valence-electron chi connectivity index (χ4n) is 3.01. The van der Waals surface area contributed by atoms with Crippen molar-refractivity contribution in [2.45, 2.75) is 18.5 Å². The smallest absolute Gasteiger partial charge is 0.247 e. The van der Waals surface area contributed by atoms with E-state index in [0.717, 1.165) is 18.2 Å². The standard InChI is InChI=1S/C20H17FN4O2S/c1-3-13-9-11-25-17(12-13)24-18(14-4-6-15(21)7-5-14)19(25)16-8-10-22-20(23-16)28(2,26)27/h4-12H,3H2,1-2H3. The molecule has 28 heavy (non-hydrogen) atoms. The van der Waals surface area contributed by atoms with Gasteiger partial charge in [0.2, 0.25) is 15.0 Å². The molecular weight excluding hydrogens is 379 g/mol. The van der Waals surface area contributed by atoms with Crippen molar-refractivity contribution in [1.29, 1.82) is 0 Å². The van der Waals surface area contributed by atoms with Gasteiger partial charge in [-0.05, 0) is 54.4 Å². The second-order valence-electron chi connectivity index (χ2n) is 6.43. The number of halogens is 1. The normalized spacial score (nSPS) is 11.8. The first-order chi connectivity index (χ1) is 13.4. The molecule has 4 rings (SSSR count). The van der Waals surface area contributed by atoms with Crippen LogP contribution in [-0.2, 0) is 16.3 Å². The Morgan fingerprint density at radius 2 is 1.82 bits per heavy atom. The van der Waals surface area contributed by atoms with Crippen molar-refractivity contribution in [1.82, 2.24) is 19.4 Å². The largest absolute Gasteiger partial charge is 0.298 e. The number of imidazole rings is 1. The minimum absolute atomic E-state index is 0.254. The molecule has 0 aliphatic carbocycles. The van der Waals surface area contributed by atoms with E-state index >= 15 is 0 Å². The van der Waals surface area contributed by atoms with Crippen LogP contribution >= 0.6 is 0 Å². The van der Waals surface area contributed by atoms with Gasteiger partial charge in [-0.15, -0.1) is 0 Å². The third kappa shape index (κ3) is 3.27. The fourth-order valence-corrected chi connectivity index (χ4v) is 3.53. The van der Waals surface area contributed by atoms with Crippen LogP contribution < -0.4 is 0 Å². The first-order valence-electron chi connectivity index (χ1n) is 8.67. The van der Waals surface area contributed by atoms with Gasteiger partial charge in [0.25, 0.3) is 0 Å². The Morgan fingerprint density at radius 3 is 2.50 bits per heavy atom. The average molecular weight is 396 g/mol. The summed E-state index contributed by atoms with van der Waals surface area (Å²) in [5.41, 5.74) is 4.16. The summed E-state index contributed by atoms with van der Waals surface area (Å²) < 4.78 is 39.1. The average Bonchev–Trinajstić information content (AvgIpc) is 3.06. The molecule has 0 aliphatic rings. The predicted molar refractivity (Wildman–Crippen MR) is 104 cm³/mol. The van der Waals surface area contributed by atoms with Gasteiger partial charge in [0.05, 0.1) is 17.1 Å². The van der Waals surface area contributed by atoms with Crippen LogP contribution in [0.25, 0.3) is 28.3 Å². The number of pyridine rings is 1. The molecule has 0 saturated carbocycles. The summed E-state index contributed by atoms with van der Waals surface area (Å²) in [6.07, 6.45) is 5.21. The maximum absolute atomic E-state index is 13.4. The number of fused-ring (bicyclic) bond motifs is 1. The van der Waals surface area contributed by atoms with Gasteiger partial charge in [-0.1, -0.05) is 6.92 Å². The van der Waals surface area contributed by atoms with E-state index in [1.54, 1.807) is 18.2 Å². The summed E-state index contributed by atoms with van der Waals surface area (Å²) in [6.45, 7) is 2.05. The summed E-state index contributed by atoms with van der Waals surface area (Å²) in [5, 5.41) is -0.254. The zero-order valence-electron chi connectivity index (χ0n) is 15.3. The molecule has 0 atom stereocenters. The van der Waals surface area contributed by atoms with Gasteiger partial charge < -0.3 is 0 Å². The molecule has 0 spiro atoms. The number of aromatic nitrogens is 4. The quantitative estimate of drug-likeness (QED) is 0.493. The van der Waals surface area contributed by atoms with Crippen LogP contribution in [0.15, 0.2) is 60.0 Å². The maximum Gasteiger partial charge on any atom is 0.247 e. The molecule has 0 fully saturated rings. The number of sulfone groups is 1. The summed E-state index contributed by atoms with van der Waals surface area (Å²) >= 11 is 0. The molecule has 4 aromatic rings. The molecule has 6 nitrogen and oxygen atoms in total. The summed E-state index contributed by atoms with van der Waals surface area (Å²) in [4.78, 5) is 12.8. The van der Waals surface area contributed by atoms with E-state index in [9.17, 15) is 12.8 Å². The zero-order chi connectivity index (χ0) is 19.9. The highest BCUT2D eigenvalue weighted by Crippen LogP contribution is 2.32. The predicted octanol–water partition coefficient (Wildman–Crippen LogP) is 3.56. The molecular formula is C20H17FN4O2S. The van der Waals surface area contributed by atoms with Gasteiger partial charge in [-0.2, -0.15) is 0 Å². The Labute approximate surface area is 161 Å². The van der Waals surface area contributed by atoms with Crippen molar-refractivity contribution in [3.63, 3.8) is 0 Å². The van der Waals surface area contributed by atoms with Crippen molar-refractivity contribution < 1.29 is 12.8 Å². The molecule has 0 saturated heterocycles. The molecule has 3 aromatic heterocycles. The minimum Gasteiger partial charge on any atom is -0.298 e. The molecule has 1 aromatic carbocycles. The van der Waals surface area contributed by atoms with Gasteiger partial charge in [0.15, 0.2) is 0 Å². The van der Waals surface area contributed by atoms with E-state index in [0.29, 0.717) is 28.3 Å². The van der Waals surface area contributed by atoms with Crippen molar-refractivity contribution in [3.05, 3.63) is 66.2 Å². The number of nitrogens with zero attached hydrogens (tertiary/aromatic N) is 4. The molecule has 3 heterocycles. The number of benzene rings is 1. The molecule has 0 amide bonds. The Bertz CT molecular complexity index is 1280. The van der Waals surface area contributed by atoms with Crippen LogP contribution in [0, 0.1) is 5.82 Å². The van der Waals surface area contributed by atoms with Gasteiger partial charge in [0, 0.05) is 24.2 Å². The summed E-state index contributed by atoms with van der Waals surface area (Å²) in [5.74, 6) is -0.344. The summed E-state index contributed by atoms with van der Waals surface area (Å²) in [6, 6.07) is 11.6. The lowest BCUT2D eigenvalue weighted by atomic mass is 10.1. The van der Waals surface area contributed by atoms with E-state index in [4.69, 9.17) is 4.98 Å². The highest BCUT2D eigenvalue weighted by molar-refractivity contribution is 7.90. The van der Waals surface area contributed by atoms with Gasteiger partial charge in [-0.3, -0.25) is 4.40 Å². The molecule has 8 heteroatoms. The lowest BCUT2D eigenvalue weighted by Gasteiger charge is -2.07. The zero-order valence-corrected chi connectivity index (χ0v) is 16.1. The van der Waals surface area contributed by atoms with Gasteiger partial charge >= 0.3 is 0 Å². The molecule has 0 unspecified atom stereocenters. The third-order valence-electron chi connectivity index (χ3n) is 4.42. The Balaban J connectivity index is 2.03. The Hall–Kier alpha value is -3.13. The Morgan fingerprint density at radius 1 is 1.07 bits per heavy atom. The first kappa shape index (κ1) is 18.2. The van der Waals surface area contributed by atoms with Gasteiger partial charge in [-0.25, -0.2) is 27.8 Å². The lowest BCUT2D eigenvalue weighted by molar-refractivity contribution is 0.593. The number of hydrogen-bond donors (Lipinski definition) is 0. The number of hydrogen-bond acceptors (Lipinski definition) is 5. The van der Waals surface area contributed by atoms with Crippen molar-refractivity contribution in [2.24, 2.45) is 0 Å². The topological polar surface area (TPSA) is 77.2 Å². The van der Waals surface area contributed by atoms with E-state index in [1.165, 1.54) is 18.3 Å². The van der Waals surface area contributed by atoms with Crippen molar-refractivity contribution in [2.75, 3.05) is 6.26 Å². The van der Waals surface area contributed by atoms with E-state index in [2.05, 4.69) is 16.9 Å². The van der Waals surface area contributed by atoms with Gasteiger partial charge in [0.1, 0.15) is 11.5 Å². The second kappa shape index (κ2) is 6.79. The van der Waals surface area contributed by atoms with Crippen molar-refractivity contribution >= 4 is 15.5 Å². The van der Waals surface area contributed by atoms with Crippen LogP contribution in [-0.4, -0.2) is 34.0 Å². The van der Waals surface area contributed by atoms with Crippen LogP contribution in [0.3, 0.4) is 0 Å². The van der Waals surface area contributed by atoms with Crippen LogP contribution in [0.5, 0.6) is 0 Å². The van der Waals surface area contributed by atoms with Crippen molar-refractivity contribution in [3.8, 4) is 22.6 Å². The second-order valence-corrected chi connectivity index (χ2v) is 8.34. The first-order valence-corrected chi connectivity index (χ1v) is 10.6. The van der Waals surface area contributed by atoms with E-state index in [-0.39, 0.29) is 11.0 Å². The maximum atomic E-state index is 13.4. The highest BCUT2D eigenvalue weighted by Gasteiger charge is 2.20.